The van der Waals surface area contributed by atoms with E-state index in [4.69, 9.17) is 4.74 Å². The molecule has 124 valence electrons. The maximum atomic E-state index is 12.0. The Morgan fingerprint density at radius 2 is 1.83 bits per heavy atom. The highest BCUT2D eigenvalue weighted by Gasteiger charge is 2.18. The Hall–Kier alpha value is -2.94. The first kappa shape index (κ1) is 17.4. The molecule has 0 aliphatic heterocycles. The van der Waals surface area contributed by atoms with Gasteiger partial charge in [0.15, 0.2) is 0 Å². The Balaban J connectivity index is 2.15. The molecule has 24 heavy (non-hydrogen) atoms. The van der Waals surface area contributed by atoms with Crippen LogP contribution in [0.1, 0.15) is 0 Å². The van der Waals surface area contributed by atoms with Crippen molar-refractivity contribution in [3.63, 3.8) is 0 Å². The Morgan fingerprint density at radius 1 is 1.12 bits per heavy atom. The van der Waals surface area contributed by atoms with Crippen molar-refractivity contribution in [2.24, 2.45) is 0 Å². The summed E-state index contributed by atoms with van der Waals surface area (Å²) < 4.78 is 5.76. The van der Waals surface area contributed by atoms with Crippen molar-refractivity contribution in [2.45, 2.75) is 0 Å². The largest absolute Gasteiger partial charge is 0.495 e. The van der Waals surface area contributed by atoms with E-state index in [9.17, 15) is 19.7 Å². The quantitative estimate of drug-likeness (QED) is 0.471. The number of hydrogen-bond acceptors (Lipinski definition) is 5. The van der Waals surface area contributed by atoms with Crippen molar-refractivity contribution in [3.05, 3.63) is 57.1 Å². The van der Waals surface area contributed by atoms with Crippen molar-refractivity contribution in [3.8, 4) is 5.75 Å². The number of rotatable bonds is 4. The van der Waals surface area contributed by atoms with Crippen molar-refractivity contribution in [2.75, 3.05) is 17.7 Å². The van der Waals surface area contributed by atoms with Crippen LogP contribution in [-0.4, -0.2) is 23.8 Å². The molecular weight excluding hydrogens is 382 g/mol. The summed E-state index contributed by atoms with van der Waals surface area (Å²) in [5.41, 5.74) is 0.218. The molecule has 2 amide bonds. The number of ether oxygens (including phenoxy) is 1. The lowest BCUT2D eigenvalue weighted by Gasteiger charge is -2.10. The van der Waals surface area contributed by atoms with Gasteiger partial charge >= 0.3 is 11.8 Å². The lowest BCUT2D eigenvalue weighted by atomic mass is 10.2. The molecule has 0 atom stereocenters. The highest BCUT2D eigenvalue weighted by atomic mass is 79.9. The van der Waals surface area contributed by atoms with Gasteiger partial charge in [-0.05, 0) is 24.3 Å². The second-order valence-corrected chi connectivity index (χ2v) is 5.48. The Bertz CT molecular complexity index is 809. The van der Waals surface area contributed by atoms with E-state index in [1.807, 2.05) is 0 Å². The fraction of sp³-hybridized carbons (Fsp3) is 0.0667. The molecule has 9 heteroatoms. The maximum absolute atomic E-state index is 12.0. The minimum Gasteiger partial charge on any atom is -0.495 e. The molecule has 0 saturated carbocycles. The average molecular weight is 394 g/mol. The molecule has 0 unspecified atom stereocenters. The molecule has 0 radical (unpaired) electrons. The minimum atomic E-state index is -0.978. The van der Waals surface area contributed by atoms with Gasteiger partial charge in [0.05, 0.1) is 17.7 Å². The maximum Gasteiger partial charge on any atom is 0.314 e. The monoisotopic (exact) mass is 393 g/mol. The molecule has 0 bridgehead atoms. The fourth-order valence-electron chi connectivity index (χ4n) is 1.84. The van der Waals surface area contributed by atoms with E-state index in [2.05, 4.69) is 26.6 Å². The van der Waals surface area contributed by atoms with E-state index in [0.29, 0.717) is 5.69 Å². The summed E-state index contributed by atoms with van der Waals surface area (Å²) in [5, 5.41) is 15.5. The Morgan fingerprint density at radius 3 is 2.46 bits per heavy atom. The number of benzene rings is 2. The van der Waals surface area contributed by atoms with Crippen LogP contribution in [0, 0.1) is 10.1 Å². The topological polar surface area (TPSA) is 111 Å². The Labute approximate surface area is 145 Å². The zero-order chi connectivity index (χ0) is 17.7. The van der Waals surface area contributed by atoms with Crippen LogP contribution in [0.25, 0.3) is 0 Å². The zero-order valence-corrected chi connectivity index (χ0v) is 14.0. The molecule has 0 fully saturated rings. The number of nitrogens with one attached hydrogen (secondary N) is 2. The standard InChI is InChI=1S/C15H12BrN3O5/c1-24-13-6-5-11(19(22)23)8-12(13)18-15(21)14(20)17-10-4-2-3-9(16)7-10/h2-8H,1H3,(H,17,20)(H,18,21). The third-order valence-corrected chi connectivity index (χ3v) is 3.42. The van der Waals surface area contributed by atoms with Crippen LogP contribution < -0.4 is 15.4 Å². The van der Waals surface area contributed by atoms with Crippen LogP contribution in [-0.2, 0) is 9.59 Å². The van der Waals surface area contributed by atoms with E-state index in [1.165, 1.54) is 19.2 Å². The van der Waals surface area contributed by atoms with E-state index in [-0.39, 0.29) is 17.1 Å². The molecule has 0 heterocycles. The molecule has 8 nitrogen and oxygen atoms in total. The van der Waals surface area contributed by atoms with Gasteiger partial charge in [0.25, 0.3) is 5.69 Å². The molecular formula is C15H12BrN3O5. The molecule has 0 aliphatic rings. The number of anilines is 2. The van der Waals surface area contributed by atoms with E-state index < -0.39 is 16.7 Å². The highest BCUT2D eigenvalue weighted by molar-refractivity contribution is 9.10. The van der Waals surface area contributed by atoms with Gasteiger partial charge in [-0.2, -0.15) is 0 Å². The van der Waals surface area contributed by atoms with Gasteiger partial charge in [-0.15, -0.1) is 0 Å². The Kier molecular flexibility index (Phi) is 5.48. The van der Waals surface area contributed by atoms with Gasteiger partial charge in [-0.1, -0.05) is 22.0 Å². The fourth-order valence-corrected chi connectivity index (χ4v) is 2.24. The normalized spacial score (nSPS) is 9.92. The van der Waals surface area contributed by atoms with Gasteiger partial charge in [-0.3, -0.25) is 19.7 Å². The van der Waals surface area contributed by atoms with Crippen LogP contribution in [0.3, 0.4) is 0 Å². The number of methoxy groups -OCH3 is 1. The van der Waals surface area contributed by atoms with Crippen molar-refractivity contribution in [1.29, 1.82) is 0 Å². The number of nitrogens with zero attached hydrogens (tertiary/aromatic N) is 1. The highest BCUT2D eigenvalue weighted by Crippen LogP contribution is 2.28. The number of carbonyl (C=O) groups excluding carboxylic acids is 2. The predicted octanol–water partition coefficient (Wildman–Crippen LogP) is 2.94. The number of nitro benzene ring substituents is 1. The first-order chi connectivity index (χ1) is 11.4. The summed E-state index contributed by atoms with van der Waals surface area (Å²) in [5.74, 6) is -1.69. The van der Waals surface area contributed by atoms with Crippen LogP contribution in [0.5, 0.6) is 5.75 Å². The van der Waals surface area contributed by atoms with Crippen LogP contribution >= 0.6 is 15.9 Å². The van der Waals surface area contributed by atoms with Gasteiger partial charge in [0.2, 0.25) is 0 Å². The first-order valence-corrected chi connectivity index (χ1v) is 7.40. The number of carbonyl (C=O) groups is 2. The van der Waals surface area contributed by atoms with E-state index in [1.54, 1.807) is 24.3 Å². The van der Waals surface area contributed by atoms with Crippen molar-refractivity contribution >= 4 is 44.8 Å². The van der Waals surface area contributed by atoms with Gasteiger partial charge < -0.3 is 15.4 Å². The minimum absolute atomic E-state index is 0.0288. The summed E-state index contributed by atoms with van der Waals surface area (Å²) in [6.45, 7) is 0. The smallest absolute Gasteiger partial charge is 0.314 e. The molecule has 2 rings (SSSR count). The average Bonchev–Trinajstić information content (AvgIpc) is 2.54. The van der Waals surface area contributed by atoms with Crippen LogP contribution in [0.4, 0.5) is 17.1 Å². The van der Waals surface area contributed by atoms with Crippen molar-refractivity contribution in [1.82, 2.24) is 0 Å². The number of non-ortho nitro benzene ring substituents is 1. The SMILES string of the molecule is COc1ccc([N+](=O)[O-])cc1NC(=O)C(=O)Nc1cccc(Br)c1. The summed E-state index contributed by atoms with van der Waals surface area (Å²) in [4.78, 5) is 34.1. The lowest BCUT2D eigenvalue weighted by molar-refractivity contribution is -0.384. The second-order valence-electron chi connectivity index (χ2n) is 4.56. The summed E-state index contributed by atoms with van der Waals surface area (Å²) in [7, 11) is 1.35. The van der Waals surface area contributed by atoms with E-state index in [0.717, 1.165) is 10.5 Å². The van der Waals surface area contributed by atoms with Gasteiger partial charge in [0, 0.05) is 22.3 Å². The van der Waals surface area contributed by atoms with Crippen LogP contribution in [0.2, 0.25) is 0 Å². The first-order valence-electron chi connectivity index (χ1n) is 6.61. The zero-order valence-electron chi connectivity index (χ0n) is 12.4. The molecule has 0 aromatic heterocycles. The predicted molar refractivity (Wildman–Crippen MR) is 91.0 cm³/mol. The molecule has 0 spiro atoms. The number of amides is 2. The summed E-state index contributed by atoms with van der Waals surface area (Å²) >= 11 is 3.25. The summed E-state index contributed by atoms with van der Waals surface area (Å²) in [6.07, 6.45) is 0. The molecule has 2 aromatic carbocycles. The number of hydrogen-bond donors (Lipinski definition) is 2. The van der Waals surface area contributed by atoms with Gasteiger partial charge in [0.1, 0.15) is 5.75 Å². The van der Waals surface area contributed by atoms with E-state index >= 15 is 0 Å². The third-order valence-electron chi connectivity index (χ3n) is 2.93. The number of nitro groups is 1. The van der Waals surface area contributed by atoms with Crippen molar-refractivity contribution < 1.29 is 19.2 Å². The lowest BCUT2D eigenvalue weighted by Crippen LogP contribution is -2.29. The molecule has 2 aromatic rings. The van der Waals surface area contributed by atoms with Gasteiger partial charge in [-0.25, -0.2) is 0 Å². The number of halogens is 1. The molecule has 0 saturated heterocycles. The third kappa shape index (κ3) is 4.29. The molecule has 0 aliphatic carbocycles. The van der Waals surface area contributed by atoms with Crippen LogP contribution in [0.15, 0.2) is 46.9 Å². The molecule has 2 N–H and O–H groups in total. The second kappa shape index (κ2) is 7.55. The summed E-state index contributed by atoms with van der Waals surface area (Å²) in [6, 6.07) is 10.4.